The molecule has 3 fully saturated rings. The molecule has 6 heteroatoms. The van der Waals surface area contributed by atoms with Gasteiger partial charge < -0.3 is 14.7 Å². The monoisotopic (exact) mass is 300 g/mol. The summed E-state index contributed by atoms with van der Waals surface area (Å²) in [6.45, 7) is 4.20. The van der Waals surface area contributed by atoms with Gasteiger partial charge in [0.05, 0.1) is 18.2 Å². The number of piperidine rings is 1. The van der Waals surface area contributed by atoms with Gasteiger partial charge in [0.1, 0.15) is 0 Å². The first-order chi connectivity index (χ1) is 9.67. The fraction of sp³-hybridized carbons (Fsp3) is 0.929. The number of nitrogens with zero attached hydrogens (tertiary/aromatic N) is 1. The van der Waals surface area contributed by atoms with Crippen LogP contribution in [0.3, 0.4) is 0 Å². The van der Waals surface area contributed by atoms with Gasteiger partial charge in [0.15, 0.2) is 0 Å². The molecule has 3 atom stereocenters. The normalized spacial score (nSPS) is 36.1. The van der Waals surface area contributed by atoms with Crippen molar-refractivity contribution in [2.24, 2.45) is 5.41 Å². The number of thioether (sulfide) groups is 1. The molecule has 20 heavy (non-hydrogen) atoms. The number of ether oxygens (including phenoxy) is 1. The number of likely N-dealkylation sites (tertiary alicyclic amines) is 1. The molecule has 0 radical (unpaired) electrons. The molecule has 0 aromatic carbocycles. The van der Waals surface area contributed by atoms with E-state index in [-0.39, 0.29) is 29.6 Å². The summed E-state index contributed by atoms with van der Waals surface area (Å²) in [5, 5.41) is 13.4. The van der Waals surface area contributed by atoms with Crippen LogP contribution in [-0.2, 0) is 9.53 Å². The molecule has 114 valence electrons. The van der Waals surface area contributed by atoms with Crippen molar-refractivity contribution in [3.05, 3.63) is 0 Å². The standard InChI is InChI=1S/C14H24N2O3S/c1-2-19-12-7-11(17)14(12)3-5-16(6-4-14)13(18)10-8-20-9-15-10/h10-12,15,17H,2-9H2,1H3. The number of carbonyl (C=O) groups excluding carboxylic acids is 1. The summed E-state index contributed by atoms with van der Waals surface area (Å²) in [4.78, 5) is 14.3. The van der Waals surface area contributed by atoms with E-state index in [0.29, 0.717) is 6.61 Å². The first kappa shape index (κ1) is 14.6. The minimum Gasteiger partial charge on any atom is -0.392 e. The quantitative estimate of drug-likeness (QED) is 0.791. The summed E-state index contributed by atoms with van der Waals surface area (Å²) < 4.78 is 5.76. The van der Waals surface area contributed by atoms with E-state index < -0.39 is 0 Å². The van der Waals surface area contributed by atoms with Crippen LogP contribution in [0.2, 0.25) is 0 Å². The fourth-order valence-corrected chi connectivity index (χ4v) is 4.67. The Hall–Kier alpha value is -0.300. The summed E-state index contributed by atoms with van der Waals surface area (Å²) >= 11 is 1.78. The third-order valence-electron chi connectivity index (χ3n) is 5.13. The maximum absolute atomic E-state index is 12.4. The Balaban J connectivity index is 1.57. The third-order valence-corrected chi connectivity index (χ3v) is 6.07. The van der Waals surface area contributed by atoms with Gasteiger partial charge in [0.2, 0.25) is 5.91 Å². The van der Waals surface area contributed by atoms with Crippen LogP contribution in [0.25, 0.3) is 0 Å². The lowest BCUT2D eigenvalue weighted by atomic mass is 9.58. The smallest absolute Gasteiger partial charge is 0.240 e. The fourth-order valence-electron chi connectivity index (χ4n) is 3.73. The molecule has 2 N–H and O–H groups in total. The van der Waals surface area contributed by atoms with E-state index in [1.807, 2.05) is 11.8 Å². The number of nitrogens with one attached hydrogen (secondary N) is 1. The van der Waals surface area contributed by atoms with Crippen LogP contribution in [0.4, 0.5) is 0 Å². The summed E-state index contributed by atoms with van der Waals surface area (Å²) in [6, 6.07) is -0.0111. The van der Waals surface area contributed by atoms with Gasteiger partial charge in [-0.3, -0.25) is 10.1 Å². The van der Waals surface area contributed by atoms with Gasteiger partial charge in [-0.05, 0) is 19.8 Å². The lowest BCUT2D eigenvalue weighted by Crippen LogP contribution is -2.63. The average Bonchev–Trinajstić information content (AvgIpc) is 3.01. The molecule has 3 rings (SSSR count). The Morgan fingerprint density at radius 2 is 2.25 bits per heavy atom. The summed E-state index contributed by atoms with van der Waals surface area (Å²) in [7, 11) is 0. The number of rotatable bonds is 3. The highest BCUT2D eigenvalue weighted by atomic mass is 32.2. The van der Waals surface area contributed by atoms with Gasteiger partial charge in [-0.15, -0.1) is 11.8 Å². The van der Waals surface area contributed by atoms with Crippen LogP contribution >= 0.6 is 11.8 Å². The molecule has 0 bridgehead atoms. The van der Waals surface area contributed by atoms with Crippen LogP contribution < -0.4 is 5.32 Å². The predicted octanol–water partition coefficient (Wildman–Crippen LogP) is 0.427. The maximum Gasteiger partial charge on any atom is 0.240 e. The molecular formula is C14H24N2O3S. The van der Waals surface area contributed by atoms with Gasteiger partial charge in [-0.1, -0.05) is 0 Å². The molecule has 2 saturated heterocycles. The first-order valence-corrected chi connectivity index (χ1v) is 8.72. The van der Waals surface area contributed by atoms with Crippen molar-refractivity contribution in [2.75, 3.05) is 31.3 Å². The van der Waals surface area contributed by atoms with Gasteiger partial charge in [0, 0.05) is 43.2 Å². The highest BCUT2D eigenvalue weighted by Gasteiger charge is 2.56. The second kappa shape index (κ2) is 5.83. The average molecular weight is 300 g/mol. The van der Waals surface area contributed by atoms with Crippen molar-refractivity contribution in [3.8, 4) is 0 Å². The molecule has 2 heterocycles. The van der Waals surface area contributed by atoms with Gasteiger partial charge in [-0.2, -0.15) is 0 Å². The van der Waals surface area contributed by atoms with Gasteiger partial charge in [0.25, 0.3) is 0 Å². The van der Waals surface area contributed by atoms with E-state index >= 15 is 0 Å². The Bertz CT molecular complexity index is 363. The highest BCUT2D eigenvalue weighted by molar-refractivity contribution is 7.99. The molecule has 0 aromatic rings. The number of carbonyl (C=O) groups is 1. The molecular weight excluding hydrogens is 276 g/mol. The highest BCUT2D eigenvalue weighted by Crippen LogP contribution is 2.50. The van der Waals surface area contributed by atoms with Crippen LogP contribution in [0.5, 0.6) is 0 Å². The van der Waals surface area contributed by atoms with E-state index in [9.17, 15) is 9.90 Å². The van der Waals surface area contributed by atoms with E-state index in [0.717, 1.165) is 44.0 Å². The molecule has 0 aromatic heterocycles. The van der Waals surface area contributed by atoms with Crippen LogP contribution in [0, 0.1) is 5.41 Å². The van der Waals surface area contributed by atoms with E-state index in [4.69, 9.17) is 4.74 Å². The van der Waals surface area contributed by atoms with Crippen molar-refractivity contribution in [2.45, 2.75) is 44.4 Å². The Morgan fingerprint density at radius 3 is 2.80 bits per heavy atom. The minimum atomic E-state index is -0.253. The van der Waals surface area contributed by atoms with Crippen molar-refractivity contribution < 1.29 is 14.6 Å². The molecule has 3 unspecified atom stereocenters. The van der Waals surface area contributed by atoms with Crippen LogP contribution in [0.1, 0.15) is 26.2 Å². The van der Waals surface area contributed by atoms with Crippen molar-refractivity contribution in [1.82, 2.24) is 10.2 Å². The number of aliphatic hydroxyl groups excluding tert-OH is 1. The van der Waals surface area contributed by atoms with Crippen molar-refractivity contribution in [3.63, 3.8) is 0 Å². The Morgan fingerprint density at radius 1 is 1.50 bits per heavy atom. The van der Waals surface area contributed by atoms with Crippen molar-refractivity contribution in [1.29, 1.82) is 0 Å². The van der Waals surface area contributed by atoms with Crippen molar-refractivity contribution >= 4 is 17.7 Å². The zero-order valence-corrected chi connectivity index (χ0v) is 12.8. The number of aliphatic hydroxyl groups is 1. The summed E-state index contributed by atoms with van der Waals surface area (Å²) in [6.07, 6.45) is 2.41. The zero-order chi connectivity index (χ0) is 14.2. The second-order valence-corrected chi connectivity index (χ2v) is 7.06. The molecule has 3 aliphatic rings. The Kier molecular flexibility index (Phi) is 4.26. The summed E-state index contributed by atoms with van der Waals surface area (Å²) in [5.74, 6) is 1.98. The first-order valence-electron chi connectivity index (χ1n) is 7.57. The molecule has 2 aliphatic heterocycles. The predicted molar refractivity (Wildman–Crippen MR) is 78.5 cm³/mol. The molecule has 1 aliphatic carbocycles. The number of hydrogen-bond acceptors (Lipinski definition) is 5. The third kappa shape index (κ3) is 2.36. The van der Waals surface area contributed by atoms with E-state index in [1.165, 1.54) is 0 Å². The van der Waals surface area contributed by atoms with Crippen LogP contribution in [-0.4, -0.2) is 65.5 Å². The maximum atomic E-state index is 12.4. The zero-order valence-electron chi connectivity index (χ0n) is 12.0. The minimum absolute atomic E-state index is 0.0111. The molecule has 1 amide bonds. The van der Waals surface area contributed by atoms with Gasteiger partial charge >= 0.3 is 0 Å². The lowest BCUT2D eigenvalue weighted by Gasteiger charge is -2.56. The second-order valence-electron chi connectivity index (χ2n) is 6.03. The number of amides is 1. The van der Waals surface area contributed by atoms with E-state index in [2.05, 4.69) is 5.32 Å². The van der Waals surface area contributed by atoms with Gasteiger partial charge in [-0.25, -0.2) is 0 Å². The number of hydrogen-bond donors (Lipinski definition) is 2. The lowest BCUT2D eigenvalue weighted by molar-refractivity contribution is -0.210. The van der Waals surface area contributed by atoms with E-state index in [1.54, 1.807) is 11.8 Å². The topological polar surface area (TPSA) is 61.8 Å². The summed E-state index contributed by atoms with van der Waals surface area (Å²) in [5.41, 5.74) is -0.0926. The van der Waals surface area contributed by atoms with Crippen LogP contribution in [0.15, 0.2) is 0 Å². The Labute approximate surface area is 124 Å². The molecule has 5 nitrogen and oxygen atoms in total. The molecule has 1 spiro atoms. The SMILES string of the molecule is CCOC1CC(O)C12CCN(C(=O)C1CSCN1)CC2. The largest absolute Gasteiger partial charge is 0.392 e. The molecule has 1 saturated carbocycles.